The summed E-state index contributed by atoms with van der Waals surface area (Å²) in [5.41, 5.74) is 2.36. The van der Waals surface area contributed by atoms with Gasteiger partial charge in [-0.3, -0.25) is 14.9 Å². The number of amides is 1. The highest BCUT2D eigenvalue weighted by atomic mass is 19.1. The molecule has 8 nitrogen and oxygen atoms in total. The van der Waals surface area contributed by atoms with E-state index >= 15 is 0 Å². The highest BCUT2D eigenvalue weighted by Crippen LogP contribution is 2.47. The number of rotatable bonds is 4. The maximum atomic E-state index is 14.0. The molecule has 1 aliphatic carbocycles. The van der Waals surface area contributed by atoms with Crippen molar-refractivity contribution in [3.63, 3.8) is 0 Å². The second-order valence-electron chi connectivity index (χ2n) is 9.09. The SMILES string of the molecule is CCOC(=O)N1CC2(CC[C@@H](N3CCN(c4cc(F)cnc4-c4cnccn4)CC3)C2)C1. The number of nitrogens with zero attached hydrogens (tertiary/aromatic N) is 6. The van der Waals surface area contributed by atoms with Crippen molar-refractivity contribution in [2.45, 2.75) is 32.2 Å². The number of hydrogen-bond donors (Lipinski definition) is 0. The largest absolute Gasteiger partial charge is 0.450 e. The monoisotopic (exact) mass is 440 g/mol. The summed E-state index contributed by atoms with van der Waals surface area (Å²) >= 11 is 0. The Morgan fingerprint density at radius 1 is 1.19 bits per heavy atom. The first-order valence-electron chi connectivity index (χ1n) is 11.4. The number of pyridine rings is 1. The average molecular weight is 441 g/mol. The van der Waals surface area contributed by atoms with Crippen LogP contribution in [0.2, 0.25) is 0 Å². The molecule has 170 valence electrons. The molecule has 2 saturated heterocycles. The standard InChI is InChI=1S/C23H29FN6O2/c1-2-32-22(31)30-15-23(16-30)4-3-18(12-23)28-7-9-29(10-8-28)20-11-17(24)13-27-21(20)19-14-25-5-6-26-19/h5-6,11,13-14,18H,2-4,7-10,12,15-16H2,1H3/t18-/m1/s1. The van der Waals surface area contributed by atoms with E-state index < -0.39 is 0 Å². The lowest BCUT2D eigenvalue weighted by molar-refractivity contribution is -0.00294. The third-order valence-corrected chi connectivity index (χ3v) is 7.07. The van der Waals surface area contributed by atoms with Gasteiger partial charge in [0.1, 0.15) is 17.2 Å². The summed E-state index contributed by atoms with van der Waals surface area (Å²) in [6, 6.07) is 2.10. The van der Waals surface area contributed by atoms with Gasteiger partial charge in [0, 0.05) is 69.2 Å². The highest BCUT2D eigenvalue weighted by Gasteiger charge is 2.51. The van der Waals surface area contributed by atoms with E-state index in [1.165, 1.54) is 19.0 Å². The van der Waals surface area contributed by atoms with Crippen molar-refractivity contribution < 1.29 is 13.9 Å². The fourth-order valence-electron chi connectivity index (χ4n) is 5.50. The summed E-state index contributed by atoms with van der Waals surface area (Å²) in [6.45, 7) is 7.39. The van der Waals surface area contributed by atoms with E-state index in [4.69, 9.17) is 4.74 Å². The van der Waals surface area contributed by atoms with Gasteiger partial charge in [-0.1, -0.05) is 0 Å². The van der Waals surface area contributed by atoms with Crippen LogP contribution in [0.15, 0.2) is 30.9 Å². The zero-order valence-electron chi connectivity index (χ0n) is 18.4. The molecular weight excluding hydrogens is 411 g/mol. The second kappa shape index (κ2) is 8.61. The Morgan fingerprint density at radius 3 is 2.72 bits per heavy atom. The lowest BCUT2D eigenvalue weighted by Crippen LogP contribution is -2.58. The summed E-state index contributed by atoms with van der Waals surface area (Å²) < 4.78 is 19.2. The molecule has 9 heteroatoms. The molecule has 2 aliphatic heterocycles. The van der Waals surface area contributed by atoms with Crippen molar-refractivity contribution in [3.8, 4) is 11.4 Å². The van der Waals surface area contributed by atoms with Gasteiger partial charge < -0.3 is 14.5 Å². The molecule has 1 saturated carbocycles. The topological polar surface area (TPSA) is 74.7 Å². The average Bonchev–Trinajstić information content (AvgIpc) is 3.25. The van der Waals surface area contributed by atoms with Crippen LogP contribution in [0.1, 0.15) is 26.2 Å². The van der Waals surface area contributed by atoms with Gasteiger partial charge in [0.05, 0.1) is 24.7 Å². The van der Waals surface area contributed by atoms with Crippen LogP contribution in [-0.2, 0) is 4.74 Å². The minimum Gasteiger partial charge on any atom is -0.450 e. The third-order valence-electron chi connectivity index (χ3n) is 7.07. The third kappa shape index (κ3) is 4.01. The predicted octanol–water partition coefficient (Wildman–Crippen LogP) is 2.81. The van der Waals surface area contributed by atoms with Gasteiger partial charge in [0.2, 0.25) is 0 Å². The van der Waals surface area contributed by atoms with Crippen molar-refractivity contribution in [1.29, 1.82) is 0 Å². The van der Waals surface area contributed by atoms with Gasteiger partial charge in [0.15, 0.2) is 0 Å². The Kier molecular flexibility index (Phi) is 5.67. The summed E-state index contributed by atoms with van der Waals surface area (Å²) in [4.78, 5) is 31.3. The molecule has 1 spiro atoms. The molecule has 5 rings (SSSR count). The first-order chi connectivity index (χ1) is 15.6. The fraction of sp³-hybridized carbons (Fsp3) is 0.565. The van der Waals surface area contributed by atoms with E-state index in [1.807, 2.05) is 11.8 Å². The van der Waals surface area contributed by atoms with Gasteiger partial charge >= 0.3 is 6.09 Å². The molecule has 32 heavy (non-hydrogen) atoms. The lowest BCUT2D eigenvalue weighted by atomic mass is 9.78. The van der Waals surface area contributed by atoms with Gasteiger partial charge in [-0.25, -0.2) is 14.2 Å². The number of hydrogen-bond acceptors (Lipinski definition) is 7. The van der Waals surface area contributed by atoms with Crippen LogP contribution in [0.4, 0.5) is 14.9 Å². The number of likely N-dealkylation sites (tertiary alicyclic amines) is 1. The van der Waals surface area contributed by atoms with Crippen LogP contribution in [0.5, 0.6) is 0 Å². The Morgan fingerprint density at radius 2 is 2.00 bits per heavy atom. The van der Waals surface area contributed by atoms with E-state index in [0.29, 0.717) is 24.0 Å². The van der Waals surface area contributed by atoms with Gasteiger partial charge in [-0.05, 0) is 26.2 Å². The van der Waals surface area contributed by atoms with Gasteiger partial charge in [-0.2, -0.15) is 0 Å². The first-order valence-corrected chi connectivity index (χ1v) is 11.4. The Bertz CT molecular complexity index is 960. The molecular formula is C23H29FN6O2. The van der Waals surface area contributed by atoms with Crippen molar-refractivity contribution in [1.82, 2.24) is 24.8 Å². The van der Waals surface area contributed by atoms with Crippen molar-refractivity contribution in [2.24, 2.45) is 5.41 Å². The van der Waals surface area contributed by atoms with Crippen LogP contribution in [0.3, 0.4) is 0 Å². The van der Waals surface area contributed by atoms with Crippen molar-refractivity contribution in [2.75, 3.05) is 50.8 Å². The fourth-order valence-corrected chi connectivity index (χ4v) is 5.50. The minimum atomic E-state index is -0.344. The molecule has 2 aromatic rings. The Balaban J connectivity index is 1.20. The molecule has 2 aromatic heterocycles. The van der Waals surface area contributed by atoms with Crippen molar-refractivity contribution >= 4 is 11.8 Å². The van der Waals surface area contributed by atoms with Crippen LogP contribution in [0, 0.1) is 11.2 Å². The van der Waals surface area contributed by atoms with Crippen LogP contribution >= 0.6 is 0 Å². The van der Waals surface area contributed by atoms with Crippen LogP contribution in [-0.4, -0.2) is 82.8 Å². The molecule has 3 fully saturated rings. The zero-order chi connectivity index (χ0) is 22.1. The molecule has 0 unspecified atom stereocenters. The molecule has 0 radical (unpaired) electrons. The number of ether oxygens (including phenoxy) is 1. The normalized spacial score (nSPS) is 22.8. The summed E-state index contributed by atoms with van der Waals surface area (Å²) in [7, 11) is 0. The maximum Gasteiger partial charge on any atom is 0.409 e. The van der Waals surface area contributed by atoms with E-state index in [1.54, 1.807) is 24.7 Å². The number of piperazine rings is 1. The number of carbonyl (C=O) groups is 1. The van der Waals surface area contributed by atoms with Gasteiger partial charge in [-0.15, -0.1) is 0 Å². The van der Waals surface area contributed by atoms with Crippen molar-refractivity contribution in [3.05, 3.63) is 36.7 Å². The number of aromatic nitrogens is 3. The molecule has 4 heterocycles. The zero-order valence-corrected chi connectivity index (χ0v) is 18.4. The smallest absolute Gasteiger partial charge is 0.409 e. The van der Waals surface area contributed by atoms with E-state index in [2.05, 4.69) is 24.8 Å². The van der Waals surface area contributed by atoms with Gasteiger partial charge in [0.25, 0.3) is 0 Å². The Labute approximate surface area is 187 Å². The predicted molar refractivity (Wildman–Crippen MR) is 118 cm³/mol. The van der Waals surface area contributed by atoms with Crippen LogP contribution < -0.4 is 4.90 Å². The summed E-state index contributed by atoms with van der Waals surface area (Å²) in [5, 5.41) is 0. The van der Waals surface area contributed by atoms with E-state index in [0.717, 1.165) is 51.4 Å². The quantitative estimate of drug-likeness (QED) is 0.724. The van der Waals surface area contributed by atoms with Crippen LogP contribution in [0.25, 0.3) is 11.4 Å². The Hall–Kier alpha value is -2.81. The molecule has 3 aliphatic rings. The molecule has 0 aromatic carbocycles. The number of carbonyl (C=O) groups excluding carboxylic acids is 1. The second-order valence-corrected chi connectivity index (χ2v) is 9.09. The molecule has 0 bridgehead atoms. The molecule has 1 atom stereocenters. The number of halogens is 1. The highest BCUT2D eigenvalue weighted by molar-refractivity contribution is 5.72. The summed E-state index contributed by atoms with van der Waals surface area (Å²) in [5.74, 6) is -0.344. The van der Waals surface area contributed by atoms with E-state index in [-0.39, 0.29) is 17.3 Å². The summed E-state index contributed by atoms with van der Waals surface area (Å²) in [6.07, 6.45) is 9.43. The van der Waals surface area contributed by atoms with E-state index in [9.17, 15) is 9.18 Å². The molecule has 0 N–H and O–H groups in total. The minimum absolute atomic E-state index is 0.183. The number of anilines is 1. The first kappa shape index (κ1) is 21.1. The maximum absolute atomic E-state index is 14.0. The lowest BCUT2D eigenvalue weighted by Gasteiger charge is -2.48. The molecule has 1 amide bonds.